The number of nitrogens with zero attached hydrogens (tertiary/aromatic N) is 3. The van der Waals surface area contributed by atoms with Crippen LogP contribution in [-0.4, -0.2) is 60.5 Å². The lowest BCUT2D eigenvalue weighted by Gasteiger charge is -2.29. The first-order valence-electron chi connectivity index (χ1n) is 9.54. The van der Waals surface area contributed by atoms with E-state index in [1.54, 1.807) is 0 Å². The highest BCUT2D eigenvalue weighted by atomic mass is 35.5. The third-order valence-electron chi connectivity index (χ3n) is 4.48. The summed E-state index contributed by atoms with van der Waals surface area (Å²) in [4.78, 5) is 30.0. The number of benzene rings is 1. The van der Waals surface area contributed by atoms with E-state index in [2.05, 4.69) is 20.4 Å². The van der Waals surface area contributed by atoms with Crippen molar-refractivity contribution in [1.29, 1.82) is 0 Å². The summed E-state index contributed by atoms with van der Waals surface area (Å²) in [6.45, 7) is 1.48. The molecule has 1 aromatic carbocycles. The van der Waals surface area contributed by atoms with Gasteiger partial charge >= 0.3 is 24.5 Å². The van der Waals surface area contributed by atoms with Crippen molar-refractivity contribution in [3.63, 3.8) is 0 Å². The van der Waals surface area contributed by atoms with Crippen LogP contribution in [0.3, 0.4) is 0 Å². The maximum absolute atomic E-state index is 13.4. The van der Waals surface area contributed by atoms with E-state index < -0.39 is 41.7 Å². The lowest BCUT2D eigenvalue weighted by molar-refractivity contribution is -0.274. The monoisotopic (exact) mass is 511 g/mol. The standard InChI is InChI=1S/C19H16ClF6N5O3/c20-11-1-4-15(28-10-11)31(16(32)18(21,22)23)14-9-12(34-19(24,25)26)2-3-13(14)29-17(33)30-7-5-27-6-8-30/h1-4,9-10,27H,5-8H2,(H,29,33). The van der Waals surface area contributed by atoms with Gasteiger partial charge in [0.2, 0.25) is 0 Å². The molecule has 0 radical (unpaired) electrons. The molecule has 0 aliphatic carbocycles. The molecule has 1 aliphatic rings. The highest BCUT2D eigenvalue weighted by Crippen LogP contribution is 2.39. The van der Waals surface area contributed by atoms with Crippen LogP contribution in [0.25, 0.3) is 0 Å². The minimum atomic E-state index is -5.44. The Morgan fingerprint density at radius 1 is 1.09 bits per heavy atom. The van der Waals surface area contributed by atoms with Gasteiger partial charge in [-0.15, -0.1) is 13.2 Å². The number of carbonyl (C=O) groups is 2. The molecule has 3 rings (SSSR count). The number of piperazine rings is 1. The maximum Gasteiger partial charge on any atom is 0.573 e. The quantitative estimate of drug-likeness (QED) is 0.598. The van der Waals surface area contributed by atoms with Crippen LogP contribution < -0.4 is 20.3 Å². The summed E-state index contributed by atoms with van der Waals surface area (Å²) in [5, 5.41) is 5.39. The molecule has 1 saturated heterocycles. The molecule has 34 heavy (non-hydrogen) atoms. The van der Waals surface area contributed by atoms with Crippen LogP contribution in [0.15, 0.2) is 36.5 Å². The molecule has 1 aliphatic heterocycles. The number of carbonyl (C=O) groups excluding carboxylic acids is 2. The molecule has 0 saturated carbocycles. The Kier molecular flexibility index (Phi) is 7.41. The number of pyridine rings is 1. The first kappa shape index (κ1) is 25.4. The average molecular weight is 512 g/mol. The topological polar surface area (TPSA) is 86.8 Å². The van der Waals surface area contributed by atoms with E-state index in [1.165, 1.54) is 4.90 Å². The highest BCUT2D eigenvalue weighted by Gasteiger charge is 2.45. The van der Waals surface area contributed by atoms with Crippen molar-refractivity contribution in [2.45, 2.75) is 12.5 Å². The van der Waals surface area contributed by atoms with E-state index in [9.17, 15) is 35.9 Å². The molecule has 0 bridgehead atoms. The van der Waals surface area contributed by atoms with Crippen molar-refractivity contribution in [3.8, 4) is 5.75 Å². The molecular weight excluding hydrogens is 496 g/mol. The number of rotatable bonds is 4. The van der Waals surface area contributed by atoms with Gasteiger partial charge in [0.05, 0.1) is 16.4 Å². The van der Waals surface area contributed by atoms with Gasteiger partial charge in [0, 0.05) is 38.4 Å². The van der Waals surface area contributed by atoms with E-state index in [0.717, 1.165) is 30.5 Å². The normalized spacial score (nSPS) is 14.5. The number of urea groups is 1. The lowest BCUT2D eigenvalue weighted by Crippen LogP contribution is -2.48. The van der Waals surface area contributed by atoms with Crippen LogP contribution in [0.2, 0.25) is 5.02 Å². The summed E-state index contributed by atoms with van der Waals surface area (Å²) in [7, 11) is 0. The molecule has 8 nitrogen and oxygen atoms in total. The Morgan fingerprint density at radius 3 is 2.32 bits per heavy atom. The molecule has 2 heterocycles. The fourth-order valence-electron chi connectivity index (χ4n) is 3.03. The molecule has 2 N–H and O–H groups in total. The maximum atomic E-state index is 13.4. The fraction of sp³-hybridized carbons (Fsp3) is 0.316. The average Bonchev–Trinajstić information content (AvgIpc) is 2.75. The second-order valence-electron chi connectivity index (χ2n) is 6.87. The number of ether oxygens (including phenoxy) is 1. The van der Waals surface area contributed by atoms with Gasteiger partial charge in [-0.1, -0.05) is 11.6 Å². The Hall–Kier alpha value is -3.26. The van der Waals surface area contributed by atoms with Crippen molar-refractivity contribution in [1.82, 2.24) is 15.2 Å². The summed E-state index contributed by atoms with van der Waals surface area (Å²) in [5.74, 6) is -3.99. The number of anilines is 3. The summed E-state index contributed by atoms with van der Waals surface area (Å²) < 4.78 is 82.4. The van der Waals surface area contributed by atoms with Gasteiger partial charge in [0.25, 0.3) is 0 Å². The van der Waals surface area contributed by atoms with Crippen LogP contribution in [0, 0.1) is 0 Å². The first-order valence-corrected chi connectivity index (χ1v) is 9.92. The van der Waals surface area contributed by atoms with Crippen molar-refractivity contribution in [2.75, 3.05) is 36.4 Å². The van der Waals surface area contributed by atoms with E-state index in [1.807, 2.05) is 0 Å². The van der Waals surface area contributed by atoms with Crippen LogP contribution in [0.5, 0.6) is 5.75 Å². The highest BCUT2D eigenvalue weighted by molar-refractivity contribution is 6.30. The number of aromatic nitrogens is 1. The smallest absolute Gasteiger partial charge is 0.406 e. The molecule has 0 spiro atoms. The molecule has 0 atom stereocenters. The minimum absolute atomic E-state index is 0.0208. The molecule has 0 unspecified atom stereocenters. The number of alkyl halides is 6. The largest absolute Gasteiger partial charge is 0.573 e. The third kappa shape index (κ3) is 6.41. The lowest BCUT2D eigenvalue weighted by atomic mass is 10.2. The molecule has 1 fully saturated rings. The van der Waals surface area contributed by atoms with E-state index in [4.69, 9.17) is 11.6 Å². The number of hydrogen-bond donors (Lipinski definition) is 2. The summed E-state index contributed by atoms with van der Waals surface area (Å²) in [6, 6.07) is 3.59. The fourth-order valence-corrected chi connectivity index (χ4v) is 3.14. The van der Waals surface area contributed by atoms with Gasteiger partial charge in [-0.25, -0.2) is 9.78 Å². The van der Waals surface area contributed by atoms with Crippen LogP contribution in [0.4, 0.5) is 48.3 Å². The first-order chi connectivity index (χ1) is 15.8. The molecule has 184 valence electrons. The van der Waals surface area contributed by atoms with E-state index >= 15 is 0 Å². The predicted molar refractivity (Wildman–Crippen MR) is 109 cm³/mol. The number of nitrogens with one attached hydrogen (secondary N) is 2. The van der Waals surface area contributed by atoms with Crippen LogP contribution >= 0.6 is 11.6 Å². The summed E-state index contributed by atoms with van der Waals surface area (Å²) in [6.07, 6.45) is -9.66. The number of halogens is 7. The Balaban J connectivity index is 2.11. The molecule has 15 heteroatoms. The van der Waals surface area contributed by atoms with Gasteiger partial charge in [0.15, 0.2) is 0 Å². The SMILES string of the molecule is O=C(Nc1ccc(OC(F)(F)F)cc1N(C(=O)C(F)(F)F)c1ccc(Cl)cn1)N1CCNCC1. The minimum Gasteiger partial charge on any atom is -0.406 e. The van der Waals surface area contributed by atoms with Crippen molar-refractivity contribution in [3.05, 3.63) is 41.6 Å². The second-order valence-corrected chi connectivity index (χ2v) is 7.30. The van der Waals surface area contributed by atoms with Gasteiger partial charge in [-0.2, -0.15) is 13.2 Å². The number of hydrogen-bond acceptors (Lipinski definition) is 5. The Morgan fingerprint density at radius 2 is 1.76 bits per heavy atom. The van der Waals surface area contributed by atoms with Gasteiger partial charge in [-0.05, 0) is 24.3 Å². The summed E-state index contributed by atoms with van der Waals surface area (Å²) >= 11 is 5.72. The van der Waals surface area contributed by atoms with Crippen LogP contribution in [0.1, 0.15) is 0 Å². The Bertz CT molecular complexity index is 1040. The molecular formula is C19H16ClF6N5O3. The zero-order valence-corrected chi connectivity index (χ0v) is 17.8. The molecule has 1 aromatic heterocycles. The van der Waals surface area contributed by atoms with Crippen molar-refractivity contribution < 1.29 is 40.7 Å². The van der Waals surface area contributed by atoms with Gasteiger partial charge in [0.1, 0.15) is 11.6 Å². The van der Waals surface area contributed by atoms with Gasteiger partial charge < -0.3 is 20.3 Å². The predicted octanol–water partition coefficient (Wildman–Crippen LogP) is 4.30. The molecule has 2 aromatic rings. The van der Waals surface area contributed by atoms with E-state index in [0.29, 0.717) is 19.2 Å². The van der Waals surface area contributed by atoms with Gasteiger partial charge in [-0.3, -0.25) is 9.69 Å². The van der Waals surface area contributed by atoms with E-state index in [-0.39, 0.29) is 28.7 Å². The van der Waals surface area contributed by atoms with Crippen molar-refractivity contribution >= 4 is 40.7 Å². The van der Waals surface area contributed by atoms with Crippen molar-refractivity contribution in [2.24, 2.45) is 0 Å². The Labute approximate surface area is 193 Å². The summed E-state index contributed by atoms with van der Waals surface area (Å²) in [5.41, 5.74) is -1.13. The number of amides is 3. The second kappa shape index (κ2) is 9.93. The molecule has 3 amide bonds. The zero-order valence-electron chi connectivity index (χ0n) is 17.0. The van der Waals surface area contributed by atoms with Crippen LogP contribution in [-0.2, 0) is 4.79 Å². The zero-order chi connectivity index (χ0) is 25.1. The third-order valence-corrected chi connectivity index (χ3v) is 4.70.